The van der Waals surface area contributed by atoms with Gasteiger partial charge in [-0.05, 0) is 42.5 Å². The molecular weight excluding hydrogens is 368 g/mol. The van der Waals surface area contributed by atoms with E-state index in [2.05, 4.69) is 29.2 Å². The van der Waals surface area contributed by atoms with Crippen molar-refractivity contribution in [3.8, 4) is 0 Å². The molecule has 1 unspecified atom stereocenters. The number of aryl methyl sites for hydroxylation is 1. The van der Waals surface area contributed by atoms with Gasteiger partial charge in [0.1, 0.15) is 4.90 Å². The van der Waals surface area contributed by atoms with Crippen LogP contribution < -0.4 is 0 Å². The van der Waals surface area contributed by atoms with Crippen molar-refractivity contribution >= 4 is 21.8 Å². The second-order valence-electron chi connectivity index (χ2n) is 6.55. The molecule has 1 saturated heterocycles. The maximum absolute atomic E-state index is 12.7. The minimum atomic E-state index is -3.48. The Hall–Kier alpha value is -1.41. The Labute approximate surface area is 158 Å². The standard InChI is InChI=1S/C19H22N2O3S2/c22-26(23,21-10-12-24-13-11-21)16-8-9-19(20-14-16)25-18-7-3-5-15-4-1-2-6-17(15)18/h1-2,4,6,8-9,14,18H,3,5,7,10-13H2. The van der Waals surface area contributed by atoms with E-state index in [0.29, 0.717) is 31.6 Å². The van der Waals surface area contributed by atoms with Gasteiger partial charge in [0.15, 0.2) is 0 Å². The third kappa shape index (κ3) is 3.67. The quantitative estimate of drug-likeness (QED) is 0.802. The van der Waals surface area contributed by atoms with Crippen LogP contribution >= 0.6 is 11.8 Å². The van der Waals surface area contributed by atoms with E-state index in [1.807, 2.05) is 6.07 Å². The molecule has 138 valence electrons. The van der Waals surface area contributed by atoms with E-state index in [-0.39, 0.29) is 4.90 Å². The molecule has 0 bridgehead atoms. The lowest BCUT2D eigenvalue weighted by molar-refractivity contribution is 0.0730. The zero-order valence-corrected chi connectivity index (χ0v) is 16.1. The first-order chi connectivity index (χ1) is 12.6. The predicted molar refractivity (Wildman–Crippen MR) is 102 cm³/mol. The fourth-order valence-corrected chi connectivity index (χ4v) is 6.05. The van der Waals surface area contributed by atoms with Gasteiger partial charge in [0.25, 0.3) is 0 Å². The molecule has 1 fully saturated rings. The molecule has 1 aliphatic heterocycles. The Balaban J connectivity index is 1.50. The smallest absolute Gasteiger partial charge is 0.244 e. The Bertz CT molecular complexity index is 863. The van der Waals surface area contributed by atoms with Gasteiger partial charge in [0.05, 0.1) is 18.2 Å². The van der Waals surface area contributed by atoms with Gasteiger partial charge in [-0.15, -0.1) is 0 Å². The van der Waals surface area contributed by atoms with Gasteiger partial charge >= 0.3 is 0 Å². The van der Waals surface area contributed by atoms with Crippen LogP contribution in [0.4, 0.5) is 0 Å². The van der Waals surface area contributed by atoms with Crippen molar-refractivity contribution in [3.63, 3.8) is 0 Å². The number of morpholine rings is 1. The van der Waals surface area contributed by atoms with Crippen LogP contribution in [0.5, 0.6) is 0 Å². The Morgan fingerprint density at radius 3 is 2.69 bits per heavy atom. The lowest BCUT2D eigenvalue weighted by Crippen LogP contribution is -2.40. The minimum absolute atomic E-state index is 0.257. The molecule has 7 heteroatoms. The van der Waals surface area contributed by atoms with Gasteiger partial charge in [-0.1, -0.05) is 36.0 Å². The van der Waals surface area contributed by atoms with Crippen LogP contribution in [0.3, 0.4) is 0 Å². The minimum Gasteiger partial charge on any atom is -0.379 e. The van der Waals surface area contributed by atoms with Gasteiger partial charge in [-0.2, -0.15) is 4.31 Å². The molecule has 1 atom stereocenters. The molecule has 0 amide bonds. The number of rotatable bonds is 4. The van der Waals surface area contributed by atoms with Crippen molar-refractivity contribution in [1.82, 2.24) is 9.29 Å². The van der Waals surface area contributed by atoms with E-state index in [9.17, 15) is 8.42 Å². The first-order valence-electron chi connectivity index (χ1n) is 8.93. The van der Waals surface area contributed by atoms with Crippen LogP contribution in [0.25, 0.3) is 0 Å². The number of ether oxygens (including phenoxy) is 1. The SMILES string of the molecule is O=S(=O)(c1ccc(SC2CCCc3ccccc32)nc1)N1CCOCC1. The summed E-state index contributed by atoms with van der Waals surface area (Å²) in [7, 11) is -3.48. The number of aromatic nitrogens is 1. The number of benzene rings is 1. The molecule has 1 aliphatic carbocycles. The van der Waals surface area contributed by atoms with Crippen LogP contribution in [0.15, 0.2) is 52.5 Å². The normalized spacial score (nSPS) is 21.3. The molecule has 1 aromatic heterocycles. The third-order valence-corrected chi connectivity index (χ3v) is 8.03. The summed E-state index contributed by atoms with van der Waals surface area (Å²) < 4.78 is 32.1. The van der Waals surface area contributed by atoms with E-state index in [4.69, 9.17) is 4.74 Å². The molecule has 0 radical (unpaired) electrons. The number of sulfonamides is 1. The van der Waals surface area contributed by atoms with Crippen molar-refractivity contribution in [2.24, 2.45) is 0 Å². The van der Waals surface area contributed by atoms with E-state index >= 15 is 0 Å². The van der Waals surface area contributed by atoms with Crippen LogP contribution in [0.1, 0.15) is 29.2 Å². The lowest BCUT2D eigenvalue weighted by Gasteiger charge is -2.26. The van der Waals surface area contributed by atoms with Crippen molar-refractivity contribution in [3.05, 3.63) is 53.7 Å². The number of pyridine rings is 1. The van der Waals surface area contributed by atoms with Crippen molar-refractivity contribution in [2.45, 2.75) is 34.4 Å². The molecule has 2 aliphatic rings. The van der Waals surface area contributed by atoms with Crippen LogP contribution in [0.2, 0.25) is 0 Å². The molecule has 0 spiro atoms. The first-order valence-corrected chi connectivity index (χ1v) is 11.2. The zero-order valence-electron chi connectivity index (χ0n) is 14.5. The van der Waals surface area contributed by atoms with Gasteiger partial charge in [-0.3, -0.25) is 0 Å². The highest BCUT2D eigenvalue weighted by molar-refractivity contribution is 7.99. The Morgan fingerprint density at radius 1 is 1.12 bits per heavy atom. The van der Waals surface area contributed by atoms with Gasteiger partial charge in [0.2, 0.25) is 10.0 Å². The lowest BCUT2D eigenvalue weighted by atomic mass is 9.91. The highest BCUT2D eigenvalue weighted by Gasteiger charge is 2.27. The highest BCUT2D eigenvalue weighted by Crippen LogP contribution is 2.42. The molecule has 4 rings (SSSR count). The average molecular weight is 391 g/mol. The molecule has 1 aromatic carbocycles. The number of thioether (sulfide) groups is 1. The van der Waals surface area contributed by atoms with E-state index in [1.54, 1.807) is 17.8 Å². The number of nitrogens with zero attached hydrogens (tertiary/aromatic N) is 2. The summed E-state index contributed by atoms with van der Waals surface area (Å²) in [6, 6.07) is 12.1. The second-order valence-corrected chi connectivity index (χ2v) is 9.71. The monoisotopic (exact) mass is 390 g/mol. The van der Waals surface area contributed by atoms with E-state index < -0.39 is 10.0 Å². The molecule has 0 N–H and O–H groups in total. The molecule has 26 heavy (non-hydrogen) atoms. The van der Waals surface area contributed by atoms with Crippen LogP contribution in [0, 0.1) is 0 Å². The maximum Gasteiger partial charge on any atom is 0.244 e. The molecule has 2 heterocycles. The Morgan fingerprint density at radius 2 is 1.92 bits per heavy atom. The number of hydrogen-bond donors (Lipinski definition) is 0. The number of hydrogen-bond acceptors (Lipinski definition) is 5. The van der Waals surface area contributed by atoms with Crippen molar-refractivity contribution in [2.75, 3.05) is 26.3 Å². The molecule has 0 saturated carbocycles. The average Bonchev–Trinajstić information content (AvgIpc) is 2.69. The summed E-state index contributed by atoms with van der Waals surface area (Å²) in [5, 5.41) is 1.25. The summed E-state index contributed by atoms with van der Waals surface area (Å²) in [5.74, 6) is 0. The third-order valence-electron chi connectivity index (χ3n) is 4.89. The fraction of sp³-hybridized carbons (Fsp3) is 0.421. The first kappa shape index (κ1) is 18.0. The second kappa shape index (κ2) is 7.68. The van der Waals surface area contributed by atoms with Crippen LogP contribution in [-0.4, -0.2) is 44.0 Å². The molecule has 2 aromatic rings. The van der Waals surface area contributed by atoms with Crippen molar-refractivity contribution in [1.29, 1.82) is 0 Å². The summed E-state index contributed by atoms with van der Waals surface area (Å²) >= 11 is 1.72. The number of fused-ring (bicyclic) bond motifs is 1. The summed E-state index contributed by atoms with van der Waals surface area (Å²) in [4.78, 5) is 4.69. The van der Waals surface area contributed by atoms with E-state index in [1.165, 1.54) is 28.0 Å². The van der Waals surface area contributed by atoms with E-state index in [0.717, 1.165) is 17.9 Å². The van der Waals surface area contributed by atoms with Crippen molar-refractivity contribution < 1.29 is 13.2 Å². The molecular formula is C19H22N2O3S2. The van der Waals surface area contributed by atoms with Gasteiger partial charge < -0.3 is 4.74 Å². The van der Waals surface area contributed by atoms with Crippen LogP contribution in [-0.2, 0) is 21.2 Å². The highest BCUT2D eigenvalue weighted by atomic mass is 32.2. The largest absolute Gasteiger partial charge is 0.379 e. The van der Waals surface area contributed by atoms with Gasteiger partial charge in [-0.25, -0.2) is 13.4 Å². The van der Waals surface area contributed by atoms with Gasteiger partial charge in [0, 0.05) is 24.5 Å². The zero-order chi connectivity index (χ0) is 18.0. The predicted octanol–water partition coefficient (Wildman–Crippen LogP) is 3.27. The maximum atomic E-state index is 12.7. The molecule has 5 nitrogen and oxygen atoms in total. The fourth-order valence-electron chi connectivity index (χ4n) is 3.50. The topological polar surface area (TPSA) is 59.5 Å². The summed E-state index contributed by atoms with van der Waals surface area (Å²) in [6.07, 6.45) is 4.93. The summed E-state index contributed by atoms with van der Waals surface area (Å²) in [6.45, 7) is 1.69. The summed E-state index contributed by atoms with van der Waals surface area (Å²) in [5.41, 5.74) is 2.80. The Kier molecular flexibility index (Phi) is 5.31.